The quantitative estimate of drug-likeness (QED) is 0.834. The number of aromatic nitrogens is 3. The van der Waals surface area contributed by atoms with Crippen molar-refractivity contribution in [2.24, 2.45) is 5.92 Å². The zero-order valence-corrected chi connectivity index (χ0v) is 14.8. The summed E-state index contributed by atoms with van der Waals surface area (Å²) in [5, 5.41) is 14.5. The lowest BCUT2D eigenvalue weighted by Crippen LogP contribution is -2.33. The molecule has 2 aromatic rings. The molecule has 2 N–H and O–H groups in total. The van der Waals surface area contributed by atoms with E-state index in [9.17, 15) is 4.79 Å². The molecule has 134 valence electrons. The van der Waals surface area contributed by atoms with Crippen molar-refractivity contribution in [3.8, 4) is 11.4 Å². The van der Waals surface area contributed by atoms with E-state index in [1.54, 1.807) is 11.8 Å². The van der Waals surface area contributed by atoms with E-state index in [-0.39, 0.29) is 5.91 Å². The predicted molar refractivity (Wildman–Crippen MR) is 95.2 cm³/mol. The van der Waals surface area contributed by atoms with Crippen molar-refractivity contribution in [2.45, 2.75) is 26.2 Å². The maximum Gasteiger partial charge on any atom is 0.273 e. The number of hydrogen-bond acceptors (Lipinski definition) is 5. The number of rotatable bonds is 6. The Bertz CT molecular complexity index is 705. The number of nitrogens with zero attached hydrogens (tertiary/aromatic N) is 3. The van der Waals surface area contributed by atoms with Gasteiger partial charge in [-0.05, 0) is 69.5 Å². The van der Waals surface area contributed by atoms with Crippen molar-refractivity contribution in [3.63, 3.8) is 0 Å². The number of amides is 1. The summed E-state index contributed by atoms with van der Waals surface area (Å²) in [6, 6.07) is 7.49. The predicted octanol–water partition coefficient (Wildman–Crippen LogP) is 1.70. The molecule has 25 heavy (non-hydrogen) atoms. The van der Waals surface area contributed by atoms with Gasteiger partial charge in [-0.1, -0.05) is 5.21 Å². The van der Waals surface area contributed by atoms with Gasteiger partial charge in [0.05, 0.1) is 18.5 Å². The molecule has 1 aliphatic heterocycles. The Hall–Kier alpha value is -2.41. The Morgan fingerprint density at radius 1 is 1.40 bits per heavy atom. The molecule has 1 aromatic heterocycles. The van der Waals surface area contributed by atoms with Gasteiger partial charge >= 0.3 is 0 Å². The Morgan fingerprint density at radius 3 is 2.88 bits per heavy atom. The number of benzene rings is 1. The van der Waals surface area contributed by atoms with Crippen LogP contribution in [0.15, 0.2) is 24.3 Å². The van der Waals surface area contributed by atoms with Gasteiger partial charge in [-0.3, -0.25) is 4.79 Å². The molecule has 1 aromatic carbocycles. The maximum absolute atomic E-state index is 12.4. The first-order chi connectivity index (χ1) is 12.2. The average molecular weight is 343 g/mol. The number of carbonyl (C=O) groups excluding carboxylic acids is 1. The molecule has 1 aliphatic rings. The summed E-state index contributed by atoms with van der Waals surface area (Å²) in [6.07, 6.45) is 3.44. The highest BCUT2D eigenvalue weighted by atomic mass is 16.5. The minimum atomic E-state index is -0.166. The first-order valence-corrected chi connectivity index (χ1v) is 8.74. The van der Waals surface area contributed by atoms with E-state index in [1.807, 2.05) is 31.2 Å². The number of carbonyl (C=O) groups is 1. The van der Waals surface area contributed by atoms with E-state index in [0.29, 0.717) is 18.2 Å². The summed E-state index contributed by atoms with van der Waals surface area (Å²) in [5.74, 6) is 1.25. The molecule has 1 unspecified atom stereocenters. The van der Waals surface area contributed by atoms with Crippen LogP contribution in [0.2, 0.25) is 0 Å². The van der Waals surface area contributed by atoms with E-state index >= 15 is 0 Å². The number of nitrogens with one attached hydrogen (secondary N) is 2. The molecule has 1 atom stereocenters. The fraction of sp³-hybridized carbons (Fsp3) is 0.500. The minimum Gasteiger partial charge on any atom is -0.497 e. The number of piperidine rings is 1. The average Bonchev–Trinajstić information content (AvgIpc) is 3.04. The number of hydrogen-bond donors (Lipinski definition) is 2. The highest BCUT2D eigenvalue weighted by molar-refractivity contribution is 5.93. The van der Waals surface area contributed by atoms with Gasteiger partial charge < -0.3 is 15.4 Å². The Morgan fingerprint density at radius 2 is 2.20 bits per heavy atom. The van der Waals surface area contributed by atoms with Gasteiger partial charge in [0.1, 0.15) is 5.75 Å². The highest BCUT2D eigenvalue weighted by Crippen LogP contribution is 2.17. The second-order valence-electron chi connectivity index (χ2n) is 6.39. The lowest BCUT2D eigenvalue weighted by molar-refractivity contribution is 0.0945. The molecule has 3 rings (SSSR count). The van der Waals surface area contributed by atoms with Crippen molar-refractivity contribution < 1.29 is 9.53 Å². The first-order valence-electron chi connectivity index (χ1n) is 8.74. The van der Waals surface area contributed by atoms with Crippen molar-refractivity contribution in [2.75, 3.05) is 26.7 Å². The van der Waals surface area contributed by atoms with Gasteiger partial charge in [0, 0.05) is 6.54 Å². The molecule has 0 bridgehead atoms. The lowest BCUT2D eigenvalue weighted by atomic mass is 9.96. The summed E-state index contributed by atoms with van der Waals surface area (Å²) in [6.45, 7) is 4.67. The van der Waals surface area contributed by atoms with Crippen LogP contribution in [0.1, 0.15) is 35.4 Å². The number of ether oxygens (including phenoxy) is 1. The SMILES string of the molecule is COc1ccc(-n2nnc(C(=O)NCCC3CCCNC3)c2C)cc1. The van der Waals surface area contributed by atoms with Crippen LogP contribution in [0.3, 0.4) is 0 Å². The van der Waals surface area contributed by atoms with Crippen LogP contribution < -0.4 is 15.4 Å². The fourth-order valence-electron chi connectivity index (χ4n) is 3.15. The lowest BCUT2D eigenvalue weighted by Gasteiger charge is -2.22. The van der Waals surface area contributed by atoms with Crippen LogP contribution in [0, 0.1) is 12.8 Å². The molecule has 0 radical (unpaired) electrons. The first kappa shape index (κ1) is 17.4. The second kappa shape index (κ2) is 8.11. The zero-order valence-electron chi connectivity index (χ0n) is 14.8. The van der Waals surface area contributed by atoms with E-state index in [2.05, 4.69) is 20.9 Å². The minimum absolute atomic E-state index is 0.166. The van der Waals surface area contributed by atoms with Crippen LogP contribution in [0.5, 0.6) is 5.75 Å². The molecule has 7 nitrogen and oxygen atoms in total. The standard InChI is InChI=1S/C18H25N5O2/c1-13-17(18(24)20-11-9-14-4-3-10-19-12-14)21-22-23(13)15-5-7-16(25-2)8-6-15/h5-8,14,19H,3-4,9-12H2,1-2H3,(H,20,24). The van der Waals surface area contributed by atoms with Gasteiger partial charge in [-0.25, -0.2) is 4.68 Å². The van der Waals surface area contributed by atoms with Gasteiger partial charge in [0.2, 0.25) is 0 Å². The van der Waals surface area contributed by atoms with E-state index in [4.69, 9.17) is 4.74 Å². The largest absolute Gasteiger partial charge is 0.497 e. The van der Waals surface area contributed by atoms with Crippen LogP contribution in [-0.2, 0) is 0 Å². The van der Waals surface area contributed by atoms with E-state index < -0.39 is 0 Å². The fourth-order valence-corrected chi connectivity index (χ4v) is 3.15. The number of methoxy groups -OCH3 is 1. The summed E-state index contributed by atoms with van der Waals surface area (Å²) in [7, 11) is 1.63. The van der Waals surface area contributed by atoms with Crippen LogP contribution in [0.4, 0.5) is 0 Å². The van der Waals surface area contributed by atoms with Gasteiger partial charge in [-0.15, -0.1) is 5.10 Å². The Kier molecular flexibility index (Phi) is 5.65. The Balaban J connectivity index is 1.60. The van der Waals surface area contributed by atoms with Crippen molar-refractivity contribution in [1.82, 2.24) is 25.6 Å². The molecule has 1 fully saturated rings. The topological polar surface area (TPSA) is 81.1 Å². The van der Waals surface area contributed by atoms with Crippen molar-refractivity contribution in [3.05, 3.63) is 35.7 Å². The summed E-state index contributed by atoms with van der Waals surface area (Å²) in [5.41, 5.74) is 1.94. The summed E-state index contributed by atoms with van der Waals surface area (Å²) >= 11 is 0. The Labute approximate surface area is 147 Å². The van der Waals surface area contributed by atoms with Crippen LogP contribution in [-0.4, -0.2) is 47.6 Å². The molecule has 0 spiro atoms. The van der Waals surface area contributed by atoms with Gasteiger partial charge in [-0.2, -0.15) is 0 Å². The second-order valence-corrected chi connectivity index (χ2v) is 6.39. The third-order valence-corrected chi connectivity index (χ3v) is 4.66. The molecule has 2 heterocycles. The maximum atomic E-state index is 12.4. The summed E-state index contributed by atoms with van der Waals surface area (Å²) in [4.78, 5) is 12.4. The monoisotopic (exact) mass is 343 g/mol. The van der Waals surface area contributed by atoms with Crippen molar-refractivity contribution >= 4 is 5.91 Å². The van der Waals surface area contributed by atoms with Crippen LogP contribution >= 0.6 is 0 Å². The molecule has 1 saturated heterocycles. The molecule has 1 amide bonds. The van der Waals surface area contributed by atoms with E-state index in [0.717, 1.165) is 36.6 Å². The highest BCUT2D eigenvalue weighted by Gasteiger charge is 2.18. The molecule has 7 heteroatoms. The van der Waals surface area contributed by atoms with Crippen molar-refractivity contribution in [1.29, 1.82) is 0 Å². The van der Waals surface area contributed by atoms with Gasteiger partial charge in [0.25, 0.3) is 5.91 Å². The normalized spacial score (nSPS) is 17.3. The van der Waals surface area contributed by atoms with Gasteiger partial charge in [0.15, 0.2) is 5.69 Å². The molecule has 0 aliphatic carbocycles. The molecule has 0 saturated carbocycles. The van der Waals surface area contributed by atoms with E-state index in [1.165, 1.54) is 12.8 Å². The van der Waals surface area contributed by atoms with Crippen LogP contribution in [0.25, 0.3) is 5.69 Å². The third-order valence-electron chi connectivity index (χ3n) is 4.66. The smallest absolute Gasteiger partial charge is 0.273 e. The third kappa shape index (κ3) is 4.17. The molecular formula is C18H25N5O2. The summed E-state index contributed by atoms with van der Waals surface area (Å²) < 4.78 is 6.83. The zero-order chi connectivity index (χ0) is 17.6. The molecular weight excluding hydrogens is 318 g/mol.